The Kier molecular flexibility index (Phi) is 3.74. The summed E-state index contributed by atoms with van der Waals surface area (Å²) in [6, 6.07) is 8.56. The van der Waals surface area contributed by atoms with Gasteiger partial charge in [-0.1, -0.05) is 24.6 Å². The molecule has 2 heterocycles. The van der Waals surface area contributed by atoms with Crippen LogP contribution in [0.15, 0.2) is 30.5 Å². The van der Waals surface area contributed by atoms with Gasteiger partial charge >= 0.3 is 0 Å². The number of rotatable bonds is 3. The Labute approximate surface area is 120 Å². The van der Waals surface area contributed by atoms with Crippen LogP contribution in [0.5, 0.6) is 0 Å². The molecular weight excluding hydrogens is 248 g/mol. The van der Waals surface area contributed by atoms with Crippen molar-refractivity contribution in [1.82, 2.24) is 15.1 Å². The van der Waals surface area contributed by atoms with Crippen molar-refractivity contribution in [2.24, 2.45) is 0 Å². The fourth-order valence-corrected chi connectivity index (χ4v) is 2.77. The molecule has 1 aromatic heterocycles. The largest absolute Gasteiger partial charge is 0.366 e. The number of benzene rings is 1. The second kappa shape index (κ2) is 5.67. The molecule has 0 radical (unpaired) electrons. The van der Waals surface area contributed by atoms with E-state index in [1.807, 2.05) is 6.20 Å². The van der Waals surface area contributed by atoms with Crippen molar-refractivity contribution in [1.29, 1.82) is 0 Å². The third-order valence-corrected chi connectivity index (χ3v) is 3.92. The molecule has 0 amide bonds. The predicted molar refractivity (Wildman–Crippen MR) is 82.8 cm³/mol. The van der Waals surface area contributed by atoms with Crippen molar-refractivity contribution in [2.75, 3.05) is 31.1 Å². The highest BCUT2D eigenvalue weighted by Crippen LogP contribution is 2.24. The molecule has 1 saturated heterocycles. The van der Waals surface area contributed by atoms with Gasteiger partial charge in [0, 0.05) is 26.2 Å². The van der Waals surface area contributed by atoms with Crippen LogP contribution < -0.4 is 10.2 Å². The molecule has 0 bridgehead atoms. The number of nitrogens with zero attached hydrogens (tertiary/aromatic N) is 3. The Morgan fingerprint density at radius 2 is 1.85 bits per heavy atom. The molecule has 1 N–H and O–H groups in total. The highest BCUT2D eigenvalue weighted by atomic mass is 15.3. The molecule has 4 heteroatoms. The van der Waals surface area contributed by atoms with Crippen molar-refractivity contribution in [3.05, 3.63) is 41.7 Å². The lowest BCUT2D eigenvalue weighted by molar-refractivity contribution is 0.587. The normalized spacial score (nSPS) is 15.6. The minimum atomic E-state index is 0.993. The first-order valence-electron chi connectivity index (χ1n) is 7.39. The van der Waals surface area contributed by atoms with Crippen LogP contribution in [-0.2, 0) is 6.42 Å². The van der Waals surface area contributed by atoms with Gasteiger partial charge in [0.15, 0.2) is 0 Å². The summed E-state index contributed by atoms with van der Waals surface area (Å²) < 4.78 is 2.08. The Bertz CT molecular complexity index is 565. The second-order valence-electron chi connectivity index (χ2n) is 5.31. The number of hydrogen-bond donors (Lipinski definition) is 1. The SMILES string of the molecule is CCc1c(N2CCNCC2)cnn1-c1ccc(C)cc1. The van der Waals surface area contributed by atoms with E-state index >= 15 is 0 Å². The van der Waals surface area contributed by atoms with Crippen LogP contribution in [0.25, 0.3) is 5.69 Å². The summed E-state index contributed by atoms with van der Waals surface area (Å²) in [5.74, 6) is 0. The molecular formula is C16H22N4. The van der Waals surface area contributed by atoms with E-state index in [0.29, 0.717) is 0 Å². The number of nitrogens with one attached hydrogen (secondary N) is 1. The highest BCUT2D eigenvalue weighted by molar-refractivity contribution is 5.53. The van der Waals surface area contributed by atoms with Crippen molar-refractivity contribution < 1.29 is 0 Å². The summed E-state index contributed by atoms with van der Waals surface area (Å²) in [6.45, 7) is 8.55. The molecule has 0 saturated carbocycles. The molecule has 20 heavy (non-hydrogen) atoms. The smallest absolute Gasteiger partial charge is 0.0790 e. The van der Waals surface area contributed by atoms with Gasteiger partial charge in [0.05, 0.1) is 23.3 Å². The fourth-order valence-electron chi connectivity index (χ4n) is 2.77. The Morgan fingerprint density at radius 1 is 1.15 bits per heavy atom. The van der Waals surface area contributed by atoms with Gasteiger partial charge in [0.2, 0.25) is 0 Å². The summed E-state index contributed by atoms with van der Waals surface area (Å²) in [6.07, 6.45) is 3.01. The van der Waals surface area contributed by atoms with Gasteiger partial charge in [0.25, 0.3) is 0 Å². The van der Waals surface area contributed by atoms with Gasteiger partial charge < -0.3 is 10.2 Å². The summed E-state index contributed by atoms with van der Waals surface area (Å²) in [4.78, 5) is 2.44. The number of anilines is 1. The van der Waals surface area contributed by atoms with E-state index in [0.717, 1.165) is 38.3 Å². The van der Waals surface area contributed by atoms with Gasteiger partial charge in [0.1, 0.15) is 0 Å². The first kappa shape index (κ1) is 13.2. The monoisotopic (exact) mass is 270 g/mol. The van der Waals surface area contributed by atoms with E-state index < -0.39 is 0 Å². The van der Waals surface area contributed by atoms with Gasteiger partial charge in [-0.15, -0.1) is 0 Å². The van der Waals surface area contributed by atoms with E-state index in [1.165, 1.54) is 16.9 Å². The van der Waals surface area contributed by atoms with Crippen LogP contribution >= 0.6 is 0 Å². The van der Waals surface area contributed by atoms with Gasteiger partial charge in [-0.3, -0.25) is 0 Å². The lowest BCUT2D eigenvalue weighted by atomic mass is 10.2. The molecule has 1 aromatic carbocycles. The lowest BCUT2D eigenvalue weighted by Crippen LogP contribution is -2.43. The van der Waals surface area contributed by atoms with Gasteiger partial charge in [-0.05, 0) is 25.5 Å². The molecule has 2 aromatic rings. The average Bonchev–Trinajstić information content (AvgIpc) is 2.93. The summed E-state index contributed by atoms with van der Waals surface area (Å²) >= 11 is 0. The molecule has 1 aliphatic rings. The number of aryl methyl sites for hydroxylation is 1. The van der Waals surface area contributed by atoms with Crippen molar-refractivity contribution in [3.8, 4) is 5.69 Å². The van der Waals surface area contributed by atoms with Gasteiger partial charge in [-0.25, -0.2) is 4.68 Å². The summed E-state index contributed by atoms with van der Waals surface area (Å²) in [7, 11) is 0. The van der Waals surface area contributed by atoms with Crippen molar-refractivity contribution in [2.45, 2.75) is 20.3 Å². The Hall–Kier alpha value is -1.81. The molecule has 1 aliphatic heterocycles. The van der Waals surface area contributed by atoms with Crippen LogP contribution in [0.1, 0.15) is 18.2 Å². The lowest BCUT2D eigenvalue weighted by Gasteiger charge is -2.29. The van der Waals surface area contributed by atoms with Crippen molar-refractivity contribution >= 4 is 5.69 Å². The average molecular weight is 270 g/mol. The van der Waals surface area contributed by atoms with E-state index in [-0.39, 0.29) is 0 Å². The summed E-state index contributed by atoms with van der Waals surface area (Å²) in [5, 5.41) is 8.01. The van der Waals surface area contributed by atoms with Crippen LogP contribution in [0.3, 0.4) is 0 Å². The van der Waals surface area contributed by atoms with Crippen molar-refractivity contribution in [3.63, 3.8) is 0 Å². The molecule has 0 unspecified atom stereocenters. The minimum absolute atomic E-state index is 0.993. The third kappa shape index (κ3) is 2.43. The van der Waals surface area contributed by atoms with E-state index in [1.54, 1.807) is 0 Å². The highest BCUT2D eigenvalue weighted by Gasteiger charge is 2.18. The predicted octanol–water partition coefficient (Wildman–Crippen LogP) is 2.15. The third-order valence-electron chi connectivity index (χ3n) is 3.92. The maximum Gasteiger partial charge on any atom is 0.0790 e. The Morgan fingerprint density at radius 3 is 2.50 bits per heavy atom. The van der Waals surface area contributed by atoms with Gasteiger partial charge in [-0.2, -0.15) is 5.10 Å². The van der Waals surface area contributed by atoms with Crippen LogP contribution in [-0.4, -0.2) is 36.0 Å². The minimum Gasteiger partial charge on any atom is -0.366 e. The zero-order valence-corrected chi connectivity index (χ0v) is 12.3. The molecule has 106 valence electrons. The molecule has 4 nitrogen and oxygen atoms in total. The topological polar surface area (TPSA) is 33.1 Å². The zero-order chi connectivity index (χ0) is 13.9. The number of aromatic nitrogens is 2. The summed E-state index contributed by atoms with van der Waals surface area (Å²) in [5.41, 5.74) is 5.01. The van der Waals surface area contributed by atoms with E-state index in [2.05, 4.69) is 58.1 Å². The first-order valence-corrected chi connectivity index (χ1v) is 7.39. The number of hydrogen-bond acceptors (Lipinski definition) is 3. The van der Waals surface area contributed by atoms with E-state index in [9.17, 15) is 0 Å². The number of piperazine rings is 1. The molecule has 1 fully saturated rings. The molecule has 0 spiro atoms. The second-order valence-corrected chi connectivity index (χ2v) is 5.31. The van der Waals surface area contributed by atoms with Crippen LogP contribution in [0.4, 0.5) is 5.69 Å². The molecule has 0 aliphatic carbocycles. The standard InChI is InChI=1S/C16H22N4/c1-3-15-16(19-10-8-17-9-11-19)12-18-20(15)14-6-4-13(2)5-7-14/h4-7,12,17H,3,8-11H2,1-2H3. The van der Waals surface area contributed by atoms with E-state index in [4.69, 9.17) is 0 Å². The molecule has 3 rings (SSSR count). The first-order chi connectivity index (χ1) is 9.79. The maximum atomic E-state index is 4.62. The van der Waals surface area contributed by atoms with Crippen LogP contribution in [0.2, 0.25) is 0 Å². The van der Waals surface area contributed by atoms with Crippen LogP contribution in [0, 0.1) is 6.92 Å². The Balaban J connectivity index is 1.96. The maximum absolute atomic E-state index is 4.62. The quantitative estimate of drug-likeness (QED) is 0.928. The zero-order valence-electron chi connectivity index (χ0n) is 12.3. The molecule has 0 atom stereocenters. The fraction of sp³-hybridized carbons (Fsp3) is 0.438.